The van der Waals surface area contributed by atoms with E-state index in [2.05, 4.69) is 23.2 Å². The van der Waals surface area contributed by atoms with Gasteiger partial charge in [0.25, 0.3) is 0 Å². The van der Waals surface area contributed by atoms with Crippen LogP contribution in [0.5, 0.6) is 0 Å². The third-order valence-electron chi connectivity index (χ3n) is 5.84. The van der Waals surface area contributed by atoms with Crippen LogP contribution in [0.4, 0.5) is 0 Å². The number of oxazole rings is 1. The Kier molecular flexibility index (Phi) is 4.58. The van der Waals surface area contributed by atoms with Crippen LogP contribution in [0.15, 0.2) is 89.7 Å². The SMILES string of the molecule is Cc1oc(-c2cccc3ccccc23)nc1Cc1cc2cc(Cn3oc(=O)[nH]c3=O)ccc2o1. The van der Waals surface area contributed by atoms with Gasteiger partial charge in [-0.05, 0) is 47.5 Å². The minimum absolute atomic E-state index is 0.144. The quantitative estimate of drug-likeness (QED) is 0.408. The molecule has 34 heavy (non-hydrogen) atoms. The molecular weight excluding hydrogens is 434 g/mol. The van der Waals surface area contributed by atoms with Crippen LogP contribution in [0, 0.1) is 6.92 Å². The molecule has 0 radical (unpaired) electrons. The summed E-state index contributed by atoms with van der Waals surface area (Å²) in [5, 5.41) is 3.10. The third-order valence-corrected chi connectivity index (χ3v) is 5.84. The molecule has 3 aromatic carbocycles. The lowest BCUT2D eigenvalue weighted by Gasteiger charge is -2.02. The third kappa shape index (κ3) is 3.55. The highest BCUT2D eigenvalue weighted by atomic mass is 16.5. The van der Waals surface area contributed by atoms with E-state index in [1.54, 1.807) is 0 Å². The molecule has 0 aliphatic rings. The molecule has 0 amide bonds. The second-order valence-electron chi connectivity index (χ2n) is 8.16. The zero-order valence-electron chi connectivity index (χ0n) is 18.2. The van der Waals surface area contributed by atoms with Crippen LogP contribution < -0.4 is 11.4 Å². The summed E-state index contributed by atoms with van der Waals surface area (Å²) < 4.78 is 17.9. The zero-order valence-corrected chi connectivity index (χ0v) is 18.2. The summed E-state index contributed by atoms with van der Waals surface area (Å²) in [6.45, 7) is 2.05. The first-order chi connectivity index (χ1) is 16.5. The summed E-state index contributed by atoms with van der Waals surface area (Å²) in [6.07, 6.45) is 0.482. The molecule has 0 aliphatic carbocycles. The van der Waals surface area contributed by atoms with E-state index >= 15 is 0 Å². The largest absolute Gasteiger partial charge is 0.461 e. The number of hydrogen-bond donors (Lipinski definition) is 1. The van der Waals surface area contributed by atoms with E-state index in [4.69, 9.17) is 18.3 Å². The molecule has 0 fully saturated rings. The molecule has 0 bridgehead atoms. The van der Waals surface area contributed by atoms with Gasteiger partial charge < -0.3 is 13.4 Å². The highest BCUT2D eigenvalue weighted by molar-refractivity contribution is 5.94. The number of H-pyrrole nitrogens is 1. The molecule has 1 N–H and O–H groups in total. The van der Waals surface area contributed by atoms with Crippen molar-refractivity contribution >= 4 is 21.7 Å². The van der Waals surface area contributed by atoms with E-state index in [1.807, 2.05) is 55.5 Å². The zero-order chi connectivity index (χ0) is 23.2. The summed E-state index contributed by atoms with van der Waals surface area (Å²) in [5.74, 6) is 1.30. The molecule has 3 heterocycles. The van der Waals surface area contributed by atoms with Crippen molar-refractivity contribution in [3.63, 3.8) is 0 Å². The van der Waals surface area contributed by atoms with Gasteiger partial charge in [0.05, 0.1) is 18.7 Å². The number of nitrogens with one attached hydrogen (secondary N) is 1. The number of fused-ring (bicyclic) bond motifs is 2. The van der Waals surface area contributed by atoms with Crippen molar-refractivity contribution in [2.24, 2.45) is 0 Å². The normalized spacial score (nSPS) is 11.6. The van der Waals surface area contributed by atoms with Crippen LogP contribution in [0.3, 0.4) is 0 Å². The van der Waals surface area contributed by atoms with Crippen molar-refractivity contribution in [2.75, 3.05) is 0 Å². The summed E-state index contributed by atoms with van der Waals surface area (Å²) in [7, 11) is 0. The fourth-order valence-corrected chi connectivity index (χ4v) is 4.20. The lowest BCUT2D eigenvalue weighted by Crippen LogP contribution is -2.17. The fourth-order valence-electron chi connectivity index (χ4n) is 4.20. The first kappa shape index (κ1) is 20.0. The van der Waals surface area contributed by atoms with Crippen LogP contribution in [-0.4, -0.2) is 14.7 Å². The van der Waals surface area contributed by atoms with Gasteiger partial charge in [-0.25, -0.2) is 19.6 Å². The maximum absolute atomic E-state index is 11.7. The Balaban J connectivity index is 1.29. The monoisotopic (exact) mass is 453 g/mol. The Morgan fingerprint density at radius 1 is 0.941 bits per heavy atom. The Bertz CT molecular complexity index is 1770. The average Bonchev–Trinajstić information content (AvgIpc) is 3.49. The van der Waals surface area contributed by atoms with Gasteiger partial charge in [0, 0.05) is 10.9 Å². The van der Waals surface area contributed by atoms with Gasteiger partial charge >= 0.3 is 11.4 Å². The van der Waals surface area contributed by atoms with E-state index in [-0.39, 0.29) is 6.54 Å². The van der Waals surface area contributed by atoms with Gasteiger partial charge in [0.2, 0.25) is 5.89 Å². The molecule has 0 saturated heterocycles. The van der Waals surface area contributed by atoms with Crippen molar-refractivity contribution in [1.29, 1.82) is 0 Å². The van der Waals surface area contributed by atoms with Crippen molar-refractivity contribution < 1.29 is 13.4 Å². The minimum Gasteiger partial charge on any atom is -0.461 e. The van der Waals surface area contributed by atoms with Gasteiger partial charge in [-0.1, -0.05) is 42.5 Å². The molecule has 8 heteroatoms. The number of aromatic amines is 1. The van der Waals surface area contributed by atoms with E-state index in [9.17, 15) is 9.59 Å². The van der Waals surface area contributed by atoms with Crippen LogP contribution in [0.2, 0.25) is 0 Å². The molecule has 0 atom stereocenters. The highest BCUT2D eigenvalue weighted by Crippen LogP contribution is 2.30. The fraction of sp³-hybridized carbons (Fsp3) is 0.115. The maximum Gasteiger partial charge on any atom is 0.440 e. The summed E-state index contributed by atoms with van der Waals surface area (Å²) in [4.78, 5) is 29.8. The second kappa shape index (κ2) is 7.77. The van der Waals surface area contributed by atoms with Gasteiger partial charge in [-0.15, -0.1) is 4.74 Å². The van der Waals surface area contributed by atoms with E-state index in [1.165, 1.54) is 0 Å². The summed E-state index contributed by atoms with van der Waals surface area (Å²) >= 11 is 0. The molecule has 0 unspecified atom stereocenters. The van der Waals surface area contributed by atoms with Gasteiger partial charge in [-0.3, -0.25) is 0 Å². The number of benzene rings is 3. The van der Waals surface area contributed by atoms with E-state index < -0.39 is 11.4 Å². The molecule has 168 valence electrons. The smallest absolute Gasteiger partial charge is 0.440 e. The summed E-state index contributed by atoms with van der Waals surface area (Å²) in [5.41, 5.74) is 2.70. The van der Waals surface area contributed by atoms with Crippen LogP contribution in [0.1, 0.15) is 22.8 Å². The summed E-state index contributed by atoms with van der Waals surface area (Å²) in [6, 6.07) is 21.7. The topological polar surface area (TPSA) is 107 Å². The standard InChI is InChI=1S/C26H19N3O5/c1-15-22(27-24(32-15)21-8-4-6-17-5-2-3-7-20(17)21)13-19-12-18-11-16(9-10-23(18)33-19)14-29-25(30)28-26(31)34-29/h2-12H,13-14H2,1H3,(H,28,30,31). The number of furan rings is 1. The minimum atomic E-state index is -0.775. The van der Waals surface area contributed by atoms with Gasteiger partial charge in [-0.2, -0.15) is 0 Å². The highest BCUT2D eigenvalue weighted by Gasteiger charge is 2.16. The lowest BCUT2D eigenvalue weighted by atomic mass is 10.0. The number of aromatic nitrogens is 3. The predicted molar refractivity (Wildman–Crippen MR) is 126 cm³/mol. The molecule has 0 saturated carbocycles. The van der Waals surface area contributed by atoms with Crippen molar-refractivity contribution in [3.05, 3.63) is 111 Å². The Labute approximate surface area is 192 Å². The molecular formula is C26H19N3O5. The Morgan fingerprint density at radius 2 is 1.79 bits per heavy atom. The van der Waals surface area contributed by atoms with E-state index in [0.717, 1.165) is 54.8 Å². The maximum atomic E-state index is 11.7. The van der Waals surface area contributed by atoms with Gasteiger partial charge in [0.1, 0.15) is 17.1 Å². The van der Waals surface area contributed by atoms with Gasteiger partial charge in [0.15, 0.2) is 0 Å². The first-order valence-corrected chi connectivity index (χ1v) is 10.8. The van der Waals surface area contributed by atoms with Crippen molar-refractivity contribution in [2.45, 2.75) is 19.9 Å². The molecule has 0 spiro atoms. The molecule has 6 aromatic rings. The number of nitrogens with zero attached hydrogens (tertiary/aromatic N) is 2. The number of rotatable bonds is 5. The van der Waals surface area contributed by atoms with E-state index in [0.29, 0.717) is 12.3 Å². The van der Waals surface area contributed by atoms with Crippen molar-refractivity contribution in [3.8, 4) is 11.5 Å². The number of hydrogen-bond acceptors (Lipinski definition) is 6. The van der Waals surface area contributed by atoms with Crippen LogP contribution in [-0.2, 0) is 13.0 Å². The van der Waals surface area contributed by atoms with Crippen LogP contribution >= 0.6 is 0 Å². The molecule has 6 rings (SSSR count). The molecule has 0 aliphatic heterocycles. The lowest BCUT2D eigenvalue weighted by molar-refractivity contribution is 0.258. The molecule has 3 aromatic heterocycles. The number of aryl methyl sites for hydroxylation is 1. The average molecular weight is 453 g/mol. The van der Waals surface area contributed by atoms with Crippen molar-refractivity contribution in [1.82, 2.24) is 14.7 Å². The Hall–Kier alpha value is -4.59. The molecule has 8 nitrogen and oxygen atoms in total. The first-order valence-electron chi connectivity index (χ1n) is 10.8. The predicted octanol–water partition coefficient (Wildman–Crippen LogP) is 4.63. The second-order valence-corrected chi connectivity index (χ2v) is 8.16. The van der Waals surface area contributed by atoms with Crippen LogP contribution in [0.25, 0.3) is 33.2 Å². The Morgan fingerprint density at radius 3 is 2.65 bits per heavy atom.